The van der Waals surface area contributed by atoms with E-state index < -0.39 is 9.85 Å². The van der Waals surface area contributed by atoms with Gasteiger partial charge in [0.15, 0.2) is 0 Å². The SMILES string of the molecule is COc1ncnc(N2CC[N+]3(CC2)CC[N+]2(CCN(c4ncnc(OC)c4[N+](=O)[O-])CC2)CC3)c1[N+](=O)[O-].[Cl-].[Cl-]. The molecule has 16 nitrogen and oxygen atoms in total. The number of piperazine rings is 3. The molecule has 40 heavy (non-hydrogen) atoms. The van der Waals surface area contributed by atoms with Gasteiger partial charge in [0.05, 0.1) is 76.4 Å². The summed E-state index contributed by atoms with van der Waals surface area (Å²) in [6.45, 7) is 10.4. The zero-order valence-electron chi connectivity index (χ0n) is 22.3. The fraction of sp³-hybridized carbons (Fsp3) is 0.636. The summed E-state index contributed by atoms with van der Waals surface area (Å²) in [7, 11) is 2.74. The maximum Gasteiger partial charge on any atom is 0.372 e. The van der Waals surface area contributed by atoms with Crippen molar-refractivity contribution in [2.45, 2.75) is 0 Å². The van der Waals surface area contributed by atoms with Gasteiger partial charge in [0.1, 0.15) is 38.8 Å². The largest absolute Gasteiger partial charge is 1.00 e. The van der Waals surface area contributed by atoms with E-state index in [-0.39, 0.29) is 47.9 Å². The molecular formula is C22H32Cl2N10O6. The molecule has 5 rings (SSSR count). The zero-order valence-corrected chi connectivity index (χ0v) is 23.8. The number of aromatic nitrogens is 4. The lowest BCUT2D eigenvalue weighted by Gasteiger charge is -2.54. The van der Waals surface area contributed by atoms with Crippen LogP contribution in [0.4, 0.5) is 23.0 Å². The van der Waals surface area contributed by atoms with Gasteiger partial charge in [-0.25, -0.2) is 9.97 Å². The standard InChI is InChI=1S/C22H32N10O6.2ClH/c1-37-21-17(29(33)34)19(23-15-25-21)27-3-7-31(8-4-27)11-13-32(14-12-31)9-5-28(6-10-32)20-18(30(35)36)22(38-2)26-16-24-20;;/h15-16H,3-14H2,1-2H3;2*1H/q+2;;/p-2. The summed E-state index contributed by atoms with van der Waals surface area (Å²) in [5.41, 5.74) is -0.378. The molecule has 3 aliphatic heterocycles. The lowest BCUT2D eigenvalue weighted by Crippen LogP contribution is -3.00. The van der Waals surface area contributed by atoms with Crippen LogP contribution in [0.5, 0.6) is 11.8 Å². The second-order valence-electron chi connectivity index (χ2n) is 10.1. The molecule has 3 aliphatic rings. The van der Waals surface area contributed by atoms with Crippen molar-refractivity contribution < 1.29 is 53.1 Å². The lowest BCUT2D eigenvalue weighted by atomic mass is 10.1. The molecule has 0 saturated carbocycles. The van der Waals surface area contributed by atoms with Gasteiger partial charge in [0, 0.05) is 0 Å². The first-order chi connectivity index (χ1) is 18.3. The number of rotatable bonds is 6. The number of anilines is 2. The number of methoxy groups -OCH3 is 2. The third-order valence-corrected chi connectivity index (χ3v) is 8.36. The van der Waals surface area contributed by atoms with Crippen molar-refractivity contribution in [2.75, 3.05) is 103 Å². The van der Waals surface area contributed by atoms with Gasteiger partial charge in [0.2, 0.25) is 11.6 Å². The van der Waals surface area contributed by atoms with Crippen LogP contribution in [0.25, 0.3) is 0 Å². The van der Waals surface area contributed by atoms with Crippen LogP contribution in [0.3, 0.4) is 0 Å². The summed E-state index contributed by atoms with van der Waals surface area (Å²) in [5, 5.41) is 23.3. The van der Waals surface area contributed by atoms with Crippen molar-refractivity contribution >= 4 is 23.0 Å². The van der Waals surface area contributed by atoms with Crippen molar-refractivity contribution in [1.82, 2.24) is 19.9 Å². The minimum Gasteiger partial charge on any atom is -1.00 e. The summed E-state index contributed by atoms with van der Waals surface area (Å²) in [6.07, 6.45) is 2.61. The van der Waals surface area contributed by atoms with E-state index in [4.69, 9.17) is 9.47 Å². The van der Waals surface area contributed by atoms with E-state index in [1.807, 2.05) is 9.80 Å². The Hall–Kier alpha value is -3.34. The monoisotopic (exact) mass is 602 g/mol. The van der Waals surface area contributed by atoms with Crippen molar-refractivity contribution in [3.8, 4) is 11.8 Å². The highest BCUT2D eigenvalue weighted by Crippen LogP contribution is 2.36. The Morgan fingerprint density at radius 1 is 0.650 bits per heavy atom. The third-order valence-electron chi connectivity index (χ3n) is 8.36. The molecule has 0 aromatic carbocycles. The number of hydrogen-bond donors (Lipinski definition) is 0. The average molecular weight is 603 g/mol. The first-order valence-corrected chi connectivity index (χ1v) is 12.6. The lowest BCUT2D eigenvalue weighted by molar-refractivity contribution is -1.03. The summed E-state index contributed by atoms with van der Waals surface area (Å²) >= 11 is 0. The zero-order chi connectivity index (χ0) is 26.9. The second-order valence-corrected chi connectivity index (χ2v) is 10.1. The highest BCUT2D eigenvalue weighted by atomic mass is 35.5. The number of nitrogens with zero attached hydrogens (tertiary/aromatic N) is 10. The second kappa shape index (κ2) is 12.4. The summed E-state index contributed by atoms with van der Waals surface area (Å²) in [6, 6.07) is 0. The first kappa shape index (κ1) is 31.2. The number of ether oxygens (including phenoxy) is 2. The van der Waals surface area contributed by atoms with E-state index in [1.165, 1.54) is 26.9 Å². The molecular weight excluding hydrogens is 571 g/mol. The Morgan fingerprint density at radius 2 is 0.975 bits per heavy atom. The van der Waals surface area contributed by atoms with E-state index in [9.17, 15) is 20.2 Å². The van der Waals surface area contributed by atoms with Crippen molar-refractivity contribution in [3.63, 3.8) is 0 Å². The first-order valence-electron chi connectivity index (χ1n) is 12.6. The Bertz CT molecular complexity index is 1120. The Balaban J connectivity index is 0.00000220. The molecule has 0 bridgehead atoms. The Labute approximate surface area is 243 Å². The van der Waals surface area contributed by atoms with Crippen molar-refractivity contribution in [2.24, 2.45) is 0 Å². The number of nitro groups is 2. The normalized spacial score (nSPS) is 19.4. The average Bonchev–Trinajstić information content (AvgIpc) is 2.94. The molecule has 0 unspecified atom stereocenters. The van der Waals surface area contributed by atoms with E-state index >= 15 is 0 Å². The van der Waals surface area contributed by atoms with Crippen LogP contribution in [0, 0.1) is 20.2 Å². The van der Waals surface area contributed by atoms with Crippen LogP contribution in [-0.2, 0) is 0 Å². The predicted octanol–water partition coefficient (Wildman–Crippen LogP) is -5.90. The third kappa shape index (κ3) is 5.75. The fourth-order valence-corrected chi connectivity index (χ4v) is 5.96. The molecule has 0 N–H and O–H groups in total. The maximum absolute atomic E-state index is 11.7. The Kier molecular flexibility index (Phi) is 9.71. The van der Waals surface area contributed by atoms with Gasteiger partial charge >= 0.3 is 11.4 Å². The fourth-order valence-electron chi connectivity index (χ4n) is 5.96. The number of halogens is 2. The molecule has 2 spiro atoms. The quantitative estimate of drug-likeness (QED) is 0.175. The minimum absolute atomic E-state index is 0. The van der Waals surface area contributed by atoms with Gasteiger partial charge in [0.25, 0.3) is 11.8 Å². The molecule has 0 atom stereocenters. The van der Waals surface area contributed by atoms with Crippen LogP contribution < -0.4 is 44.1 Å². The van der Waals surface area contributed by atoms with Gasteiger partial charge in [-0.15, -0.1) is 0 Å². The number of hydrogen-bond acceptors (Lipinski definition) is 12. The Morgan fingerprint density at radius 3 is 1.25 bits per heavy atom. The van der Waals surface area contributed by atoms with Crippen LogP contribution in [0.2, 0.25) is 0 Å². The van der Waals surface area contributed by atoms with Gasteiger partial charge in [-0.3, -0.25) is 20.2 Å². The van der Waals surface area contributed by atoms with E-state index in [0.717, 1.165) is 61.3 Å². The van der Waals surface area contributed by atoms with Gasteiger partial charge in [-0.1, -0.05) is 0 Å². The summed E-state index contributed by atoms with van der Waals surface area (Å²) in [4.78, 5) is 42.5. The van der Waals surface area contributed by atoms with Crippen LogP contribution in [0.15, 0.2) is 12.7 Å². The van der Waals surface area contributed by atoms with E-state index in [0.29, 0.717) is 37.8 Å². The molecule has 2 aromatic rings. The van der Waals surface area contributed by atoms with Crippen molar-refractivity contribution in [3.05, 3.63) is 32.9 Å². The molecule has 3 fully saturated rings. The highest BCUT2D eigenvalue weighted by molar-refractivity contribution is 5.63. The van der Waals surface area contributed by atoms with E-state index in [1.54, 1.807) is 0 Å². The molecule has 2 aromatic heterocycles. The molecule has 3 saturated heterocycles. The molecule has 5 heterocycles. The number of quaternary nitrogens is 2. The summed E-state index contributed by atoms with van der Waals surface area (Å²) < 4.78 is 12.2. The molecule has 18 heteroatoms. The maximum atomic E-state index is 11.7. The molecule has 220 valence electrons. The molecule has 0 amide bonds. The molecule has 0 radical (unpaired) electrons. The van der Waals surface area contributed by atoms with Gasteiger partial charge in [-0.05, 0) is 0 Å². The van der Waals surface area contributed by atoms with Crippen LogP contribution in [0.1, 0.15) is 0 Å². The highest BCUT2D eigenvalue weighted by Gasteiger charge is 2.46. The predicted molar refractivity (Wildman–Crippen MR) is 134 cm³/mol. The minimum atomic E-state index is -0.478. The van der Waals surface area contributed by atoms with Gasteiger partial charge < -0.3 is 53.1 Å². The molecule has 0 aliphatic carbocycles. The smallest absolute Gasteiger partial charge is 0.372 e. The van der Waals surface area contributed by atoms with Crippen LogP contribution >= 0.6 is 0 Å². The summed E-state index contributed by atoms with van der Waals surface area (Å²) in [5.74, 6) is 0.575. The van der Waals surface area contributed by atoms with Gasteiger partial charge in [-0.2, -0.15) is 9.97 Å². The van der Waals surface area contributed by atoms with Crippen LogP contribution in [-0.4, -0.2) is 132 Å². The van der Waals surface area contributed by atoms with E-state index in [2.05, 4.69) is 19.9 Å². The topological polar surface area (TPSA) is 163 Å². The van der Waals surface area contributed by atoms with Crippen molar-refractivity contribution in [1.29, 1.82) is 0 Å².